The fourth-order valence-electron chi connectivity index (χ4n) is 1.62. The van der Waals surface area contributed by atoms with Crippen LogP contribution in [-0.2, 0) is 9.53 Å². The number of nitrogens with two attached hydrogens (primary N) is 1. The van der Waals surface area contributed by atoms with Gasteiger partial charge in [-0.05, 0) is 29.9 Å². The van der Waals surface area contributed by atoms with Crippen LogP contribution in [0.2, 0.25) is 0 Å². The lowest BCUT2D eigenvalue weighted by atomic mass is 10.1. The zero-order valence-electron chi connectivity index (χ0n) is 11.7. The summed E-state index contributed by atoms with van der Waals surface area (Å²) in [5.41, 5.74) is 6.44. The molecule has 0 aliphatic carbocycles. The molecule has 0 bridgehead atoms. The molecule has 0 saturated carbocycles. The average molecular weight is 299 g/mol. The van der Waals surface area contributed by atoms with Crippen molar-refractivity contribution < 1.29 is 19.4 Å². The molecule has 6 heteroatoms. The lowest BCUT2D eigenvalue weighted by molar-refractivity contribution is -0.142. The minimum Gasteiger partial charge on any atom is -0.497 e. The molecule has 5 nitrogen and oxygen atoms in total. The predicted octanol–water partition coefficient (Wildman–Crippen LogP) is 1.35. The molecular formula is C14H21NO4S. The summed E-state index contributed by atoms with van der Waals surface area (Å²) in [6.07, 6.45) is -0.0354. The number of carbonyl (C=O) groups excluding carboxylic acids is 1. The number of rotatable bonds is 8. The second-order valence-electron chi connectivity index (χ2n) is 4.29. The molecule has 0 heterocycles. The van der Waals surface area contributed by atoms with Gasteiger partial charge in [-0.1, -0.05) is 12.1 Å². The maximum atomic E-state index is 11.1. The first-order valence-corrected chi connectivity index (χ1v) is 7.47. The Bertz CT molecular complexity index is 427. The molecule has 1 aromatic rings. The van der Waals surface area contributed by atoms with Crippen LogP contribution < -0.4 is 10.5 Å². The molecule has 3 N–H and O–H groups in total. The molecule has 112 valence electrons. The molecule has 0 radical (unpaired) electrons. The van der Waals surface area contributed by atoms with Gasteiger partial charge in [0.15, 0.2) is 0 Å². The van der Waals surface area contributed by atoms with Crippen molar-refractivity contribution in [2.75, 3.05) is 25.7 Å². The molecule has 0 aliphatic rings. The van der Waals surface area contributed by atoms with Crippen LogP contribution in [0.5, 0.6) is 5.75 Å². The predicted molar refractivity (Wildman–Crippen MR) is 79.9 cm³/mol. The maximum Gasteiger partial charge on any atom is 0.322 e. The van der Waals surface area contributed by atoms with E-state index in [0.29, 0.717) is 17.9 Å². The van der Waals surface area contributed by atoms with E-state index in [2.05, 4.69) is 4.74 Å². The van der Waals surface area contributed by atoms with Crippen molar-refractivity contribution in [3.8, 4) is 5.75 Å². The monoisotopic (exact) mass is 299 g/mol. The Morgan fingerprint density at radius 2 is 2.20 bits per heavy atom. The van der Waals surface area contributed by atoms with E-state index in [-0.39, 0.29) is 0 Å². The molecule has 0 saturated heterocycles. The molecule has 1 aromatic carbocycles. The van der Waals surface area contributed by atoms with Crippen LogP contribution in [0.25, 0.3) is 0 Å². The number of ether oxygens (including phenoxy) is 2. The van der Waals surface area contributed by atoms with E-state index >= 15 is 0 Å². The summed E-state index contributed by atoms with van der Waals surface area (Å²) < 4.78 is 9.66. The summed E-state index contributed by atoms with van der Waals surface area (Å²) in [7, 11) is 2.91. The van der Waals surface area contributed by atoms with Crippen LogP contribution in [0, 0.1) is 0 Å². The summed E-state index contributed by atoms with van der Waals surface area (Å²) in [5, 5.41) is 10.1. The highest BCUT2D eigenvalue weighted by Crippen LogP contribution is 2.22. The van der Waals surface area contributed by atoms with Crippen molar-refractivity contribution in [2.45, 2.75) is 18.6 Å². The molecule has 0 spiro atoms. The van der Waals surface area contributed by atoms with E-state index in [0.717, 1.165) is 11.3 Å². The van der Waals surface area contributed by atoms with Gasteiger partial charge >= 0.3 is 5.97 Å². The highest BCUT2D eigenvalue weighted by molar-refractivity contribution is 7.99. The van der Waals surface area contributed by atoms with E-state index in [9.17, 15) is 9.90 Å². The van der Waals surface area contributed by atoms with E-state index < -0.39 is 18.1 Å². The molecule has 2 atom stereocenters. The topological polar surface area (TPSA) is 81.8 Å². The number of methoxy groups -OCH3 is 2. The first-order valence-electron chi connectivity index (χ1n) is 6.31. The minimum atomic E-state index is -0.596. The Morgan fingerprint density at radius 1 is 1.45 bits per heavy atom. The van der Waals surface area contributed by atoms with Gasteiger partial charge in [-0.15, -0.1) is 0 Å². The van der Waals surface area contributed by atoms with Crippen LogP contribution in [-0.4, -0.2) is 42.8 Å². The van der Waals surface area contributed by atoms with E-state index in [1.807, 2.05) is 24.3 Å². The number of hydrogen-bond acceptors (Lipinski definition) is 6. The molecule has 20 heavy (non-hydrogen) atoms. The summed E-state index contributed by atoms with van der Waals surface area (Å²) in [6, 6.07) is 6.74. The molecule has 0 aliphatic heterocycles. The van der Waals surface area contributed by atoms with Gasteiger partial charge in [-0.2, -0.15) is 11.8 Å². The average Bonchev–Trinajstić information content (AvgIpc) is 2.50. The Morgan fingerprint density at radius 3 is 2.85 bits per heavy atom. The van der Waals surface area contributed by atoms with Crippen LogP contribution in [0.3, 0.4) is 0 Å². The largest absolute Gasteiger partial charge is 0.497 e. The quantitative estimate of drug-likeness (QED) is 0.557. The molecule has 0 fully saturated rings. The summed E-state index contributed by atoms with van der Waals surface area (Å²) in [5.74, 6) is 1.55. The lowest BCUT2D eigenvalue weighted by Gasteiger charge is -2.13. The minimum absolute atomic E-state index is 0.404. The fraction of sp³-hybridized carbons (Fsp3) is 0.500. The SMILES string of the molecule is COC(=O)C(N)CCSCC(O)c1cccc(OC)c1. The van der Waals surface area contributed by atoms with E-state index in [1.54, 1.807) is 18.9 Å². The normalized spacial score (nSPS) is 13.6. The van der Waals surface area contributed by atoms with Gasteiger partial charge < -0.3 is 20.3 Å². The third-order valence-electron chi connectivity index (χ3n) is 2.83. The van der Waals surface area contributed by atoms with Gasteiger partial charge in [0, 0.05) is 5.75 Å². The highest BCUT2D eigenvalue weighted by atomic mass is 32.2. The first-order chi connectivity index (χ1) is 9.58. The molecule has 1 rings (SSSR count). The van der Waals surface area contributed by atoms with Crippen molar-refractivity contribution in [3.63, 3.8) is 0 Å². The van der Waals surface area contributed by atoms with Gasteiger partial charge in [0.05, 0.1) is 20.3 Å². The number of aliphatic hydroxyl groups is 1. The molecule has 0 aromatic heterocycles. The second kappa shape index (κ2) is 8.84. The Kier molecular flexibility index (Phi) is 7.43. The molecule has 0 amide bonds. The summed E-state index contributed by atoms with van der Waals surface area (Å²) in [6.45, 7) is 0. The zero-order valence-corrected chi connectivity index (χ0v) is 12.6. The zero-order chi connectivity index (χ0) is 15.0. The Hall–Kier alpha value is -1.24. The summed E-state index contributed by atoms with van der Waals surface area (Å²) >= 11 is 1.55. The molecular weight excluding hydrogens is 278 g/mol. The van der Waals surface area contributed by atoms with E-state index in [4.69, 9.17) is 10.5 Å². The van der Waals surface area contributed by atoms with Crippen molar-refractivity contribution in [1.82, 2.24) is 0 Å². The van der Waals surface area contributed by atoms with Gasteiger partial charge in [0.25, 0.3) is 0 Å². The van der Waals surface area contributed by atoms with Crippen molar-refractivity contribution >= 4 is 17.7 Å². The van der Waals surface area contributed by atoms with E-state index in [1.165, 1.54) is 7.11 Å². The van der Waals surface area contributed by atoms with Gasteiger partial charge in [0.1, 0.15) is 11.8 Å². The van der Waals surface area contributed by atoms with Crippen LogP contribution in [0.4, 0.5) is 0 Å². The maximum absolute atomic E-state index is 11.1. The van der Waals surface area contributed by atoms with Gasteiger partial charge in [-0.25, -0.2) is 0 Å². The number of thioether (sulfide) groups is 1. The smallest absolute Gasteiger partial charge is 0.322 e. The second-order valence-corrected chi connectivity index (χ2v) is 5.44. The Balaban J connectivity index is 2.32. The van der Waals surface area contributed by atoms with Crippen LogP contribution >= 0.6 is 11.8 Å². The number of aliphatic hydroxyl groups excluding tert-OH is 1. The lowest BCUT2D eigenvalue weighted by Crippen LogP contribution is -2.32. The summed E-state index contributed by atoms with van der Waals surface area (Å²) in [4.78, 5) is 11.1. The molecule has 2 unspecified atom stereocenters. The van der Waals surface area contributed by atoms with Gasteiger partial charge in [0.2, 0.25) is 0 Å². The number of hydrogen-bond donors (Lipinski definition) is 2. The standard InChI is InChI=1S/C14H21NO4S/c1-18-11-5-3-4-10(8-11)13(16)9-20-7-6-12(15)14(17)19-2/h3-5,8,12-13,16H,6-7,9,15H2,1-2H3. The Labute approximate surface area is 123 Å². The van der Waals surface area contributed by atoms with Crippen molar-refractivity contribution in [3.05, 3.63) is 29.8 Å². The fourth-order valence-corrected chi connectivity index (χ4v) is 2.62. The third-order valence-corrected chi connectivity index (χ3v) is 3.91. The van der Waals surface area contributed by atoms with Crippen LogP contribution in [0.1, 0.15) is 18.1 Å². The highest BCUT2D eigenvalue weighted by Gasteiger charge is 2.14. The third kappa shape index (κ3) is 5.40. The first kappa shape index (κ1) is 16.8. The number of esters is 1. The number of benzene rings is 1. The number of carbonyl (C=O) groups is 1. The van der Waals surface area contributed by atoms with Crippen molar-refractivity contribution in [1.29, 1.82) is 0 Å². The van der Waals surface area contributed by atoms with Crippen molar-refractivity contribution in [2.24, 2.45) is 5.73 Å². The van der Waals surface area contributed by atoms with Gasteiger partial charge in [-0.3, -0.25) is 4.79 Å². The van der Waals surface area contributed by atoms with Crippen LogP contribution in [0.15, 0.2) is 24.3 Å².